The molecule has 0 fully saturated rings. The van der Waals surface area contributed by atoms with Crippen LogP contribution in [0.4, 0.5) is 0 Å². The Hall–Kier alpha value is -3.90. The van der Waals surface area contributed by atoms with Gasteiger partial charge in [0.2, 0.25) is 5.71 Å². The first kappa shape index (κ1) is 40.3. The zero-order valence-corrected chi connectivity index (χ0v) is 37.3. The van der Waals surface area contributed by atoms with E-state index < -0.39 is 13.3 Å². The average molecular weight is 939 g/mol. The number of fused-ring (bicyclic) bond motifs is 3. The van der Waals surface area contributed by atoms with Crippen molar-refractivity contribution in [2.75, 3.05) is 0 Å². The number of aromatic nitrogens is 3. The molecule has 6 heteroatoms. The third kappa shape index (κ3) is 9.43. The van der Waals surface area contributed by atoms with Gasteiger partial charge in [0, 0.05) is 37.3 Å². The van der Waals surface area contributed by atoms with Crippen LogP contribution in [0.3, 0.4) is 0 Å². The Morgan fingerprint density at radius 2 is 1.49 bits per heavy atom. The molecule has 4 nitrogen and oxygen atoms in total. The monoisotopic (exact) mass is 940 g/mol. The van der Waals surface area contributed by atoms with Crippen molar-refractivity contribution in [2.45, 2.75) is 83.5 Å². The fourth-order valence-electron chi connectivity index (χ4n) is 6.53. The van der Waals surface area contributed by atoms with Gasteiger partial charge < -0.3 is 9.40 Å². The summed E-state index contributed by atoms with van der Waals surface area (Å²) in [7, 11) is 0. The Morgan fingerprint density at radius 3 is 2.17 bits per heavy atom. The minimum absolute atomic E-state index is 0. The van der Waals surface area contributed by atoms with Gasteiger partial charge in [-0.05, 0) is 29.8 Å². The zero-order chi connectivity index (χ0) is 37.2. The van der Waals surface area contributed by atoms with Crippen LogP contribution in [-0.4, -0.2) is 28.2 Å². The van der Waals surface area contributed by atoms with Gasteiger partial charge in [0.15, 0.2) is 0 Å². The van der Waals surface area contributed by atoms with E-state index in [1.807, 2.05) is 48.7 Å². The molecule has 4 heterocycles. The van der Waals surface area contributed by atoms with Gasteiger partial charge in [-0.25, -0.2) is 4.98 Å². The summed E-state index contributed by atoms with van der Waals surface area (Å²) < 4.78 is 7.76. The van der Waals surface area contributed by atoms with E-state index in [-0.39, 0.29) is 25.5 Å². The van der Waals surface area contributed by atoms with Gasteiger partial charge in [-0.15, -0.1) is 18.2 Å². The SMILES string of the molecule is CC(C)Cc1cc(-c2[c-]ccc(C(C)(C)C)c2)nc[c]1[Ge]([CH3])([CH3])[CH3].CC(C)c1ccnc(-c2[c-]ccc3c2oc2nc(-c4ccccc4)ccc23)c1.[Ir]. The van der Waals surface area contributed by atoms with E-state index in [0.717, 1.165) is 56.5 Å². The normalized spacial score (nSPS) is 11.8. The third-order valence-electron chi connectivity index (χ3n) is 9.44. The molecule has 0 aliphatic heterocycles. The Kier molecular flexibility index (Phi) is 12.6. The van der Waals surface area contributed by atoms with Crippen LogP contribution in [0.25, 0.3) is 55.8 Å². The fourth-order valence-corrected chi connectivity index (χ4v) is 9.87. The Bertz CT molecular complexity index is 2310. The second-order valence-corrected chi connectivity index (χ2v) is 27.1. The van der Waals surface area contributed by atoms with Gasteiger partial charge in [-0.2, -0.15) is 0 Å². The number of nitrogens with zero attached hydrogens (tertiary/aromatic N) is 3. The van der Waals surface area contributed by atoms with Gasteiger partial charge in [-0.3, -0.25) is 0 Å². The van der Waals surface area contributed by atoms with Crippen molar-refractivity contribution in [1.29, 1.82) is 0 Å². The summed E-state index contributed by atoms with van der Waals surface area (Å²) >= 11 is -1.91. The quantitative estimate of drug-likeness (QED) is 0.118. The molecule has 0 spiro atoms. The van der Waals surface area contributed by atoms with Crippen molar-refractivity contribution < 1.29 is 24.5 Å². The van der Waals surface area contributed by atoms with Crippen molar-refractivity contribution in [3.05, 3.63) is 132 Å². The second kappa shape index (κ2) is 16.6. The van der Waals surface area contributed by atoms with Crippen LogP contribution in [-0.2, 0) is 31.9 Å². The molecule has 0 N–H and O–H groups in total. The first-order valence-corrected chi connectivity index (χ1v) is 25.8. The molecule has 0 amide bonds. The number of hydrogen-bond acceptors (Lipinski definition) is 4. The van der Waals surface area contributed by atoms with E-state index >= 15 is 0 Å². The van der Waals surface area contributed by atoms with Crippen molar-refractivity contribution in [3.63, 3.8) is 0 Å². The van der Waals surface area contributed by atoms with E-state index in [4.69, 9.17) is 14.4 Å². The smallest absolute Gasteiger partial charge is 0.216 e. The summed E-state index contributed by atoms with van der Waals surface area (Å²) in [4.78, 5) is 14.2. The van der Waals surface area contributed by atoms with E-state index in [2.05, 4.69) is 138 Å². The molecule has 0 bridgehead atoms. The third-order valence-corrected chi connectivity index (χ3v) is 13.8. The summed E-state index contributed by atoms with van der Waals surface area (Å²) in [5, 5.41) is 2.04. The molecular weight excluding hydrogens is 887 g/mol. The minimum atomic E-state index is -1.91. The predicted molar refractivity (Wildman–Crippen MR) is 222 cm³/mol. The van der Waals surface area contributed by atoms with Crippen LogP contribution < -0.4 is 4.40 Å². The van der Waals surface area contributed by atoms with Crippen LogP contribution in [0, 0.1) is 18.1 Å². The average Bonchev–Trinajstić information content (AvgIpc) is 3.49. The minimum Gasteiger partial charge on any atom is -0.486 e. The molecule has 0 atom stereocenters. The maximum Gasteiger partial charge on any atom is 0.216 e. The van der Waals surface area contributed by atoms with Crippen molar-refractivity contribution >= 4 is 39.7 Å². The first-order chi connectivity index (χ1) is 24.7. The van der Waals surface area contributed by atoms with Gasteiger partial charge in [-0.1, -0.05) is 66.8 Å². The summed E-state index contributed by atoms with van der Waals surface area (Å²) in [5.41, 5.74) is 11.5. The second-order valence-electron chi connectivity index (χ2n) is 16.6. The van der Waals surface area contributed by atoms with Gasteiger partial charge >= 0.3 is 151 Å². The fraction of sp³-hybridized carbons (Fsp3) is 0.298. The van der Waals surface area contributed by atoms with Gasteiger partial charge in [0.1, 0.15) is 0 Å². The number of furan rings is 1. The van der Waals surface area contributed by atoms with Crippen LogP contribution in [0.15, 0.2) is 108 Å². The van der Waals surface area contributed by atoms with Crippen molar-refractivity contribution in [1.82, 2.24) is 15.0 Å². The summed E-state index contributed by atoms with van der Waals surface area (Å²) in [6.07, 6.45) is 5.14. The van der Waals surface area contributed by atoms with E-state index in [9.17, 15) is 0 Å². The van der Waals surface area contributed by atoms with E-state index in [1.54, 1.807) is 4.40 Å². The van der Waals surface area contributed by atoms with Gasteiger partial charge in [0.25, 0.3) is 0 Å². The van der Waals surface area contributed by atoms with Crippen LogP contribution in [0.1, 0.15) is 71.1 Å². The van der Waals surface area contributed by atoms with Crippen LogP contribution in [0.5, 0.6) is 0 Å². The molecular formula is C47H51GeIrN3O-2. The number of benzene rings is 3. The molecule has 0 aliphatic carbocycles. The molecule has 7 aromatic rings. The molecule has 4 aromatic heterocycles. The first-order valence-electron chi connectivity index (χ1n) is 18.5. The number of rotatable bonds is 7. The summed E-state index contributed by atoms with van der Waals surface area (Å²) in [6, 6.07) is 37.9. The summed E-state index contributed by atoms with van der Waals surface area (Å²) in [5.74, 6) is 8.45. The molecule has 1 radical (unpaired) electrons. The summed E-state index contributed by atoms with van der Waals surface area (Å²) in [6.45, 7) is 15.7. The number of pyridine rings is 3. The zero-order valence-electron chi connectivity index (χ0n) is 32.8. The molecule has 3 aromatic carbocycles. The topological polar surface area (TPSA) is 51.8 Å². The Balaban J connectivity index is 0.000000203. The van der Waals surface area contributed by atoms with Crippen LogP contribution >= 0.6 is 0 Å². The molecule has 53 heavy (non-hydrogen) atoms. The number of hydrogen-bond donors (Lipinski definition) is 0. The van der Waals surface area contributed by atoms with E-state index in [0.29, 0.717) is 17.5 Å². The molecule has 275 valence electrons. The predicted octanol–water partition coefficient (Wildman–Crippen LogP) is 12.2. The standard InChI is InChI=1S/C25H19N2O.C22H32GeN.Ir/c1-16(2)18-13-14-26-23(15-18)21-10-6-9-19-20-11-12-22(17-7-4-3-5-8-17)27-25(20)28-24(19)21;1-16(2)12-18-14-21(24-15-20(18)23(6,7)8)17-10-9-11-19(13-17)22(3,4)5;/h3-9,11-16H,1-2H3;9,11,13-16H,12H2,1-8H3;/q2*-1;. The molecule has 0 unspecified atom stereocenters. The molecule has 0 saturated heterocycles. The van der Waals surface area contributed by atoms with Gasteiger partial charge in [0.05, 0.1) is 11.3 Å². The molecule has 7 rings (SSSR count). The van der Waals surface area contributed by atoms with Crippen molar-refractivity contribution in [3.8, 4) is 33.8 Å². The molecule has 0 saturated carbocycles. The largest absolute Gasteiger partial charge is 0.486 e. The van der Waals surface area contributed by atoms with E-state index in [1.165, 1.54) is 16.7 Å². The van der Waals surface area contributed by atoms with Crippen molar-refractivity contribution in [2.24, 2.45) is 5.92 Å². The molecule has 0 aliphatic rings. The Labute approximate surface area is 332 Å². The maximum atomic E-state index is 6.22. The Morgan fingerprint density at radius 1 is 0.755 bits per heavy atom. The van der Waals surface area contributed by atoms with Crippen LogP contribution in [0.2, 0.25) is 17.3 Å². The maximum absolute atomic E-state index is 6.22.